The largest absolute Gasteiger partial charge is 0.481 e. The second-order valence-electron chi connectivity index (χ2n) is 7.31. The molecule has 1 atom stereocenters. The highest BCUT2D eigenvalue weighted by molar-refractivity contribution is 6.31. The smallest absolute Gasteiger partial charge is 0.319 e. The molecular weight excluding hydrogens is 450 g/mol. The Morgan fingerprint density at radius 3 is 2.67 bits per heavy atom. The average Bonchev–Trinajstić information content (AvgIpc) is 3.25. The predicted molar refractivity (Wildman–Crippen MR) is 121 cm³/mol. The van der Waals surface area contributed by atoms with E-state index < -0.39 is 23.6 Å². The molecule has 0 saturated carbocycles. The van der Waals surface area contributed by atoms with Gasteiger partial charge in [0.15, 0.2) is 11.5 Å². The van der Waals surface area contributed by atoms with E-state index in [1.807, 2.05) is 12.1 Å². The first-order chi connectivity index (χ1) is 15.9. The highest BCUT2D eigenvalue weighted by Gasteiger charge is 2.22. The molecule has 0 bridgehead atoms. The number of anilines is 1. The summed E-state index contributed by atoms with van der Waals surface area (Å²) in [5.41, 5.74) is 0.903. The van der Waals surface area contributed by atoms with Crippen LogP contribution in [0.25, 0.3) is 0 Å². The van der Waals surface area contributed by atoms with Crippen LogP contribution in [0, 0.1) is 0 Å². The number of amides is 2. The third-order valence-corrected chi connectivity index (χ3v) is 5.42. The van der Waals surface area contributed by atoms with Crippen molar-refractivity contribution in [2.24, 2.45) is 0 Å². The number of hydrogen-bond donors (Lipinski definition) is 3. The zero-order chi connectivity index (χ0) is 23.4. The average molecular weight is 470 g/mol. The fraction of sp³-hybridized carbons (Fsp3) is 0.174. The van der Waals surface area contributed by atoms with Gasteiger partial charge in [-0.2, -0.15) is 0 Å². The zero-order valence-corrected chi connectivity index (χ0v) is 18.0. The molecule has 3 aromatic rings. The number of carbonyl (C=O) groups is 2. The van der Waals surface area contributed by atoms with Gasteiger partial charge >= 0.3 is 12.0 Å². The Labute approximate surface area is 193 Å². The van der Waals surface area contributed by atoms with E-state index in [0.29, 0.717) is 22.1 Å². The van der Waals surface area contributed by atoms with Crippen molar-refractivity contribution in [3.05, 3.63) is 87.3 Å². The number of nitrogens with one attached hydrogen (secondary N) is 2. The van der Waals surface area contributed by atoms with Crippen LogP contribution in [-0.2, 0) is 11.3 Å². The minimum absolute atomic E-state index is 0.0433. The van der Waals surface area contributed by atoms with Crippen molar-refractivity contribution < 1.29 is 24.2 Å². The number of aromatic nitrogens is 1. The zero-order valence-electron chi connectivity index (χ0n) is 17.3. The second kappa shape index (κ2) is 9.66. The van der Waals surface area contributed by atoms with Crippen LogP contribution in [0.2, 0.25) is 5.02 Å². The number of carboxylic acids is 1. The molecule has 2 heterocycles. The lowest BCUT2D eigenvalue weighted by atomic mass is 10.0. The Bertz CT molecular complexity index is 1260. The van der Waals surface area contributed by atoms with Crippen LogP contribution in [0.1, 0.15) is 23.6 Å². The number of benzene rings is 2. The molecule has 1 aromatic heterocycles. The highest BCUT2D eigenvalue weighted by Crippen LogP contribution is 2.34. The lowest BCUT2D eigenvalue weighted by Gasteiger charge is -2.18. The number of hydrogen-bond acceptors (Lipinski definition) is 5. The number of fused-ring (bicyclic) bond motifs is 1. The molecular formula is C23H20ClN3O6. The third-order valence-electron chi connectivity index (χ3n) is 5.05. The summed E-state index contributed by atoms with van der Waals surface area (Å²) >= 11 is 6.18. The molecule has 9 nitrogen and oxygen atoms in total. The molecule has 170 valence electrons. The Morgan fingerprint density at radius 1 is 1.09 bits per heavy atom. The minimum atomic E-state index is -1.10. The van der Waals surface area contributed by atoms with Gasteiger partial charge in [-0.25, -0.2) is 4.79 Å². The minimum Gasteiger partial charge on any atom is -0.481 e. The van der Waals surface area contributed by atoms with Gasteiger partial charge in [0.05, 0.1) is 19.0 Å². The lowest BCUT2D eigenvalue weighted by Crippen LogP contribution is -2.36. The predicted octanol–water partition coefficient (Wildman–Crippen LogP) is 3.62. The summed E-state index contributed by atoms with van der Waals surface area (Å²) in [6.45, 7) is 0.305. The maximum Gasteiger partial charge on any atom is 0.319 e. The second-order valence-corrected chi connectivity index (χ2v) is 7.72. The van der Waals surface area contributed by atoms with E-state index in [9.17, 15) is 19.5 Å². The van der Waals surface area contributed by atoms with E-state index in [0.717, 1.165) is 5.56 Å². The van der Waals surface area contributed by atoms with E-state index in [2.05, 4.69) is 10.6 Å². The number of rotatable bonds is 7. The summed E-state index contributed by atoms with van der Waals surface area (Å²) < 4.78 is 12.0. The molecule has 2 amide bonds. The molecule has 0 radical (unpaired) electrons. The van der Waals surface area contributed by atoms with E-state index in [1.54, 1.807) is 42.6 Å². The fourth-order valence-electron chi connectivity index (χ4n) is 3.44. The molecule has 1 aliphatic rings. The maximum absolute atomic E-state index is 12.8. The molecule has 0 fully saturated rings. The Kier molecular flexibility index (Phi) is 6.50. The van der Waals surface area contributed by atoms with E-state index in [4.69, 9.17) is 21.1 Å². The lowest BCUT2D eigenvalue weighted by molar-refractivity contribution is -0.137. The number of aliphatic carboxylic acids is 1. The van der Waals surface area contributed by atoms with Crippen LogP contribution in [0.3, 0.4) is 0 Å². The topological polar surface area (TPSA) is 119 Å². The van der Waals surface area contributed by atoms with Gasteiger partial charge in [-0.15, -0.1) is 0 Å². The van der Waals surface area contributed by atoms with Crippen LogP contribution in [-0.4, -0.2) is 28.5 Å². The molecule has 0 unspecified atom stereocenters. The third kappa shape index (κ3) is 5.27. The molecule has 3 N–H and O–H groups in total. The molecule has 0 aliphatic carbocycles. The quantitative estimate of drug-likeness (QED) is 0.486. The molecule has 10 heteroatoms. The number of pyridine rings is 1. The van der Waals surface area contributed by atoms with Crippen LogP contribution >= 0.6 is 11.6 Å². The SMILES string of the molecule is O=C(O)C[C@H](NC(=O)Nc1cccn(Cc2ccccc2Cl)c1=O)c1ccc2c(c1)OCO2. The maximum atomic E-state index is 12.8. The van der Waals surface area contributed by atoms with Crippen LogP contribution in [0.15, 0.2) is 65.6 Å². The summed E-state index contributed by atoms with van der Waals surface area (Å²) in [6, 6.07) is 13.6. The van der Waals surface area contributed by atoms with Gasteiger partial charge in [-0.1, -0.05) is 35.9 Å². The van der Waals surface area contributed by atoms with Crippen molar-refractivity contribution in [3.63, 3.8) is 0 Å². The van der Waals surface area contributed by atoms with E-state index >= 15 is 0 Å². The van der Waals surface area contributed by atoms with Crippen molar-refractivity contribution in [2.45, 2.75) is 19.0 Å². The van der Waals surface area contributed by atoms with Crippen molar-refractivity contribution in [1.82, 2.24) is 9.88 Å². The Hall–Kier alpha value is -3.98. The van der Waals surface area contributed by atoms with Crippen molar-refractivity contribution in [2.75, 3.05) is 12.1 Å². The monoisotopic (exact) mass is 469 g/mol. The number of carboxylic acid groups (broad SMARTS) is 1. The van der Waals surface area contributed by atoms with Gasteiger partial charge < -0.3 is 29.8 Å². The first-order valence-corrected chi connectivity index (χ1v) is 10.4. The molecule has 4 rings (SSSR count). The van der Waals surface area contributed by atoms with Crippen LogP contribution in [0.4, 0.5) is 10.5 Å². The van der Waals surface area contributed by atoms with E-state index in [1.165, 1.54) is 10.6 Å². The number of ether oxygens (including phenoxy) is 2. The van der Waals surface area contributed by atoms with Crippen molar-refractivity contribution in [3.8, 4) is 11.5 Å². The Morgan fingerprint density at radius 2 is 1.88 bits per heavy atom. The Balaban J connectivity index is 1.50. The summed E-state index contributed by atoms with van der Waals surface area (Å²) in [5.74, 6) is -0.0870. The number of carbonyl (C=O) groups excluding carboxylic acids is 1. The molecule has 33 heavy (non-hydrogen) atoms. The number of nitrogens with zero attached hydrogens (tertiary/aromatic N) is 1. The standard InChI is InChI=1S/C23H20ClN3O6/c24-16-5-2-1-4-15(16)12-27-9-3-6-17(22(27)30)25-23(31)26-18(11-21(28)29)14-7-8-19-20(10-14)33-13-32-19/h1-10,18H,11-13H2,(H,28,29)(H2,25,26,31)/t18-/m0/s1. The number of urea groups is 1. The van der Waals surface area contributed by atoms with Crippen molar-refractivity contribution in [1.29, 1.82) is 0 Å². The number of halogens is 1. The first-order valence-electron chi connectivity index (χ1n) is 10.0. The molecule has 2 aromatic carbocycles. The van der Waals surface area contributed by atoms with E-state index in [-0.39, 0.29) is 25.4 Å². The summed E-state index contributed by atoms with van der Waals surface area (Å²) in [5, 5.41) is 14.9. The van der Waals surface area contributed by atoms with Crippen LogP contribution < -0.4 is 25.7 Å². The molecule has 0 saturated heterocycles. The van der Waals surface area contributed by atoms with Gasteiger partial charge in [0.2, 0.25) is 6.79 Å². The summed E-state index contributed by atoms with van der Waals surface area (Å²) in [4.78, 5) is 36.8. The van der Waals surface area contributed by atoms with Gasteiger partial charge in [-0.3, -0.25) is 9.59 Å². The van der Waals surface area contributed by atoms with Gasteiger partial charge in [0.25, 0.3) is 5.56 Å². The fourth-order valence-corrected chi connectivity index (χ4v) is 3.64. The molecule has 0 spiro atoms. The summed E-state index contributed by atoms with van der Waals surface area (Å²) in [6.07, 6.45) is 1.23. The first kappa shape index (κ1) is 22.2. The molecule has 1 aliphatic heterocycles. The van der Waals surface area contributed by atoms with Gasteiger partial charge in [0, 0.05) is 11.2 Å². The van der Waals surface area contributed by atoms with Gasteiger partial charge in [-0.05, 0) is 41.5 Å². The normalized spacial score (nSPS) is 12.8. The van der Waals surface area contributed by atoms with Crippen LogP contribution in [0.5, 0.6) is 11.5 Å². The van der Waals surface area contributed by atoms with Crippen molar-refractivity contribution >= 4 is 29.3 Å². The summed E-state index contributed by atoms with van der Waals surface area (Å²) in [7, 11) is 0. The highest BCUT2D eigenvalue weighted by atomic mass is 35.5. The van der Waals surface area contributed by atoms with Gasteiger partial charge in [0.1, 0.15) is 5.69 Å².